The molecular weight excluding hydrogens is 531 g/mol. The van der Waals surface area contributed by atoms with E-state index < -0.39 is 40.4 Å². The van der Waals surface area contributed by atoms with E-state index in [1.165, 1.54) is 19.9 Å². The van der Waals surface area contributed by atoms with Crippen LogP contribution in [0.25, 0.3) is 0 Å². The van der Waals surface area contributed by atoms with Crippen molar-refractivity contribution in [1.82, 2.24) is 5.32 Å². The first-order valence-electron chi connectivity index (χ1n) is 10.4. The first-order valence-corrected chi connectivity index (χ1v) is 11.1. The van der Waals surface area contributed by atoms with Crippen molar-refractivity contribution in [3.8, 4) is 11.5 Å². The minimum absolute atomic E-state index is 0.0208. The van der Waals surface area contributed by atoms with Gasteiger partial charge in [0.1, 0.15) is 11.5 Å². The summed E-state index contributed by atoms with van der Waals surface area (Å²) in [7, 11) is 0. The molecule has 3 aromatic rings. The van der Waals surface area contributed by atoms with E-state index in [9.17, 15) is 31.1 Å². The maximum Gasteiger partial charge on any atom is 0.416 e. The van der Waals surface area contributed by atoms with Crippen molar-refractivity contribution in [2.75, 3.05) is 0 Å². The summed E-state index contributed by atoms with van der Waals surface area (Å²) in [6, 6.07) is 12.3. The molecule has 3 nitrogen and oxygen atoms in total. The van der Waals surface area contributed by atoms with Crippen LogP contribution in [-0.2, 0) is 29.1 Å². The van der Waals surface area contributed by atoms with Crippen molar-refractivity contribution < 1.29 is 35.9 Å². The molecule has 0 heterocycles. The number of hydrogen-bond donors (Lipinski definition) is 1. The molecule has 0 aliphatic heterocycles. The summed E-state index contributed by atoms with van der Waals surface area (Å²) in [4.78, 5) is 13.0. The molecule has 0 spiro atoms. The van der Waals surface area contributed by atoms with E-state index in [2.05, 4.69) is 5.32 Å². The molecule has 3 aromatic carbocycles. The molecular formula is C25H19Cl2F6NO2. The van der Waals surface area contributed by atoms with E-state index in [0.717, 1.165) is 0 Å². The van der Waals surface area contributed by atoms with Gasteiger partial charge in [-0.05, 0) is 61.9 Å². The third-order valence-corrected chi connectivity index (χ3v) is 5.93. The van der Waals surface area contributed by atoms with Gasteiger partial charge in [0.25, 0.3) is 0 Å². The number of hydrogen-bond acceptors (Lipinski definition) is 2. The number of amides is 1. The second-order valence-electron chi connectivity index (χ2n) is 8.39. The molecule has 0 saturated heterocycles. The predicted octanol–water partition coefficient (Wildman–Crippen LogP) is 8.42. The Morgan fingerprint density at radius 2 is 1.36 bits per heavy atom. The van der Waals surface area contributed by atoms with Gasteiger partial charge in [-0.25, -0.2) is 0 Å². The zero-order valence-corrected chi connectivity index (χ0v) is 20.3. The van der Waals surface area contributed by atoms with Crippen molar-refractivity contribution in [2.24, 2.45) is 0 Å². The Bertz CT molecular complexity index is 1240. The maximum atomic E-state index is 13.3. The van der Waals surface area contributed by atoms with Gasteiger partial charge in [0.2, 0.25) is 5.91 Å². The molecule has 0 aliphatic carbocycles. The van der Waals surface area contributed by atoms with Gasteiger partial charge in [-0.2, -0.15) is 26.3 Å². The molecule has 0 radical (unpaired) electrons. The fourth-order valence-corrected chi connectivity index (χ4v) is 3.72. The summed E-state index contributed by atoms with van der Waals surface area (Å²) >= 11 is 12.0. The van der Waals surface area contributed by atoms with E-state index in [1.807, 2.05) is 0 Å². The van der Waals surface area contributed by atoms with Gasteiger partial charge in [-0.15, -0.1) is 0 Å². The Morgan fingerprint density at radius 3 is 1.92 bits per heavy atom. The van der Waals surface area contributed by atoms with Crippen LogP contribution < -0.4 is 10.1 Å². The number of ether oxygens (including phenoxy) is 1. The number of nitrogens with one attached hydrogen (secondary N) is 1. The number of para-hydroxylation sites is 1. The average Bonchev–Trinajstić information content (AvgIpc) is 2.78. The van der Waals surface area contributed by atoms with Gasteiger partial charge in [-0.3, -0.25) is 4.79 Å². The van der Waals surface area contributed by atoms with Gasteiger partial charge in [0.05, 0.1) is 21.6 Å². The molecule has 11 heteroatoms. The second-order valence-corrected chi connectivity index (χ2v) is 9.23. The SMILES string of the molecule is CC(C)(C(=O)NCc1ccccc1Oc1ccc(Cl)cc1Cl)c1cc(C(F)(F)F)cc(C(F)(F)F)c1. The summed E-state index contributed by atoms with van der Waals surface area (Å²) in [5.74, 6) is -0.156. The van der Waals surface area contributed by atoms with E-state index >= 15 is 0 Å². The Kier molecular flexibility index (Phi) is 7.86. The first kappa shape index (κ1) is 27.7. The van der Waals surface area contributed by atoms with E-state index in [1.54, 1.807) is 36.4 Å². The van der Waals surface area contributed by atoms with Crippen LogP contribution in [0.15, 0.2) is 60.7 Å². The van der Waals surface area contributed by atoms with Crippen LogP contribution in [0.4, 0.5) is 26.3 Å². The molecule has 192 valence electrons. The summed E-state index contributed by atoms with van der Waals surface area (Å²) in [5, 5.41) is 3.21. The minimum atomic E-state index is -5.03. The maximum absolute atomic E-state index is 13.3. The highest BCUT2D eigenvalue weighted by Crippen LogP contribution is 2.39. The van der Waals surface area contributed by atoms with Crippen LogP contribution in [0.1, 0.15) is 36.1 Å². The van der Waals surface area contributed by atoms with E-state index in [0.29, 0.717) is 34.2 Å². The number of benzene rings is 3. The largest absolute Gasteiger partial charge is 0.455 e. The zero-order valence-electron chi connectivity index (χ0n) is 18.8. The molecule has 1 N–H and O–H groups in total. The van der Waals surface area contributed by atoms with Crippen molar-refractivity contribution in [2.45, 2.75) is 38.2 Å². The second kappa shape index (κ2) is 10.2. The first-order chi connectivity index (χ1) is 16.6. The highest BCUT2D eigenvalue weighted by molar-refractivity contribution is 6.35. The summed E-state index contributed by atoms with van der Waals surface area (Å²) in [5.41, 5.74) is -4.65. The van der Waals surface area contributed by atoms with Gasteiger partial charge in [0, 0.05) is 17.1 Å². The van der Waals surface area contributed by atoms with Crippen molar-refractivity contribution in [1.29, 1.82) is 0 Å². The number of alkyl halides is 6. The lowest BCUT2D eigenvalue weighted by molar-refractivity contribution is -0.143. The number of carbonyl (C=O) groups is 1. The van der Waals surface area contributed by atoms with Crippen molar-refractivity contribution in [3.05, 3.63) is 93.0 Å². The lowest BCUT2D eigenvalue weighted by Gasteiger charge is -2.26. The van der Waals surface area contributed by atoms with Crippen molar-refractivity contribution >= 4 is 29.1 Å². The number of carbonyl (C=O) groups excluding carboxylic acids is 1. The lowest BCUT2D eigenvalue weighted by Crippen LogP contribution is -2.40. The summed E-state index contributed by atoms with van der Waals surface area (Å²) < 4.78 is 85.4. The highest BCUT2D eigenvalue weighted by atomic mass is 35.5. The molecule has 0 saturated carbocycles. The Labute approximate surface area is 213 Å². The fourth-order valence-electron chi connectivity index (χ4n) is 3.27. The standard InChI is InChI=1S/C25H19Cl2F6NO2/c1-23(2,15-9-16(24(28,29)30)11-17(10-15)25(31,32)33)22(35)34-13-14-5-3-4-6-20(14)36-21-8-7-18(26)12-19(21)27/h3-12H,13H2,1-2H3,(H,34,35). The summed E-state index contributed by atoms with van der Waals surface area (Å²) in [6.45, 7) is 2.37. The third-order valence-electron chi connectivity index (χ3n) is 5.40. The molecule has 0 unspecified atom stereocenters. The molecule has 36 heavy (non-hydrogen) atoms. The van der Waals surface area contributed by atoms with Crippen molar-refractivity contribution in [3.63, 3.8) is 0 Å². The molecule has 0 atom stereocenters. The molecule has 1 amide bonds. The minimum Gasteiger partial charge on any atom is -0.455 e. The monoisotopic (exact) mass is 549 g/mol. The van der Waals surface area contributed by atoms with E-state index in [-0.39, 0.29) is 17.6 Å². The van der Waals surface area contributed by atoms with E-state index in [4.69, 9.17) is 27.9 Å². The highest BCUT2D eigenvalue weighted by Gasteiger charge is 2.40. The zero-order chi connectivity index (χ0) is 26.9. The Hall–Kier alpha value is -2.91. The Morgan fingerprint density at radius 1 is 0.806 bits per heavy atom. The van der Waals surface area contributed by atoms with Crippen LogP contribution in [-0.4, -0.2) is 5.91 Å². The van der Waals surface area contributed by atoms with Crippen LogP contribution >= 0.6 is 23.2 Å². The Balaban J connectivity index is 1.85. The smallest absolute Gasteiger partial charge is 0.416 e. The van der Waals surface area contributed by atoms with Crippen LogP contribution in [0, 0.1) is 0 Å². The van der Waals surface area contributed by atoms with Gasteiger partial charge >= 0.3 is 12.4 Å². The molecule has 0 aliphatic rings. The molecule has 0 fully saturated rings. The average molecular weight is 550 g/mol. The molecule has 3 rings (SSSR count). The van der Waals surface area contributed by atoms with Crippen LogP contribution in [0.2, 0.25) is 10.0 Å². The normalized spacial score (nSPS) is 12.4. The number of rotatable bonds is 6. The predicted molar refractivity (Wildman–Crippen MR) is 124 cm³/mol. The van der Waals surface area contributed by atoms with Gasteiger partial charge < -0.3 is 10.1 Å². The summed E-state index contributed by atoms with van der Waals surface area (Å²) in [6.07, 6.45) is -10.1. The number of halogens is 8. The lowest BCUT2D eigenvalue weighted by atomic mass is 9.81. The third kappa shape index (κ3) is 6.44. The molecule has 0 bridgehead atoms. The van der Waals surface area contributed by atoms with Gasteiger partial charge in [-0.1, -0.05) is 41.4 Å². The fraction of sp³-hybridized carbons (Fsp3) is 0.240. The van der Waals surface area contributed by atoms with Gasteiger partial charge in [0.15, 0.2) is 0 Å². The van der Waals surface area contributed by atoms with Crippen LogP contribution in [0.3, 0.4) is 0 Å². The van der Waals surface area contributed by atoms with Crippen LogP contribution in [0.5, 0.6) is 11.5 Å². The molecule has 0 aromatic heterocycles. The quantitative estimate of drug-likeness (QED) is 0.313. The topological polar surface area (TPSA) is 38.3 Å².